The second-order valence-corrected chi connectivity index (χ2v) is 6.02. The van der Waals surface area contributed by atoms with E-state index in [0.717, 1.165) is 24.1 Å². The lowest BCUT2D eigenvalue weighted by Gasteiger charge is -2.34. The molecule has 0 aliphatic heterocycles. The number of carbonyl (C=O) groups excluding carboxylic acids is 1. The van der Waals surface area contributed by atoms with Crippen LogP contribution in [-0.2, 0) is 25.6 Å². The summed E-state index contributed by atoms with van der Waals surface area (Å²) >= 11 is 0. The van der Waals surface area contributed by atoms with Crippen LogP contribution >= 0.6 is 0 Å². The van der Waals surface area contributed by atoms with Gasteiger partial charge in [-0.2, -0.15) is 5.10 Å². The van der Waals surface area contributed by atoms with E-state index in [-0.39, 0.29) is 12.6 Å². The van der Waals surface area contributed by atoms with Gasteiger partial charge in [-0.05, 0) is 36.5 Å². The first-order valence-electron chi connectivity index (χ1n) is 7.88. The third-order valence-corrected chi connectivity index (χ3v) is 4.45. The van der Waals surface area contributed by atoms with Gasteiger partial charge in [-0.15, -0.1) is 0 Å². The van der Waals surface area contributed by atoms with E-state index in [9.17, 15) is 9.90 Å². The molecule has 0 fully saturated rings. The summed E-state index contributed by atoms with van der Waals surface area (Å²) in [7, 11) is 1.83. The minimum Gasteiger partial charge on any atom is -0.383 e. The minimum atomic E-state index is -0.987. The highest BCUT2D eigenvalue weighted by molar-refractivity contribution is 5.73. The van der Waals surface area contributed by atoms with Gasteiger partial charge in [-0.25, -0.2) is 4.79 Å². The number of rotatable bonds is 4. The Labute approximate surface area is 135 Å². The van der Waals surface area contributed by atoms with Gasteiger partial charge in [0, 0.05) is 13.2 Å². The predicted molar refractivity (Wildman–Crippen MR) is 86.7 cm³/mol. The van der Waals surface area contributed by atoms with Crippen LogP contribution in [0.2, 0.25) is 0 Å². The number of fused-ring (bicyclic) bond motifs is 1. The lowest BCUT2D eigenvalue weighted by atomic mass is 9.79. The van der Waals surface area contributed by atoms with Gasteiger partial charge in [0.25, 0.3) is 0 Å². The zero-order valence-electron chi connectivity index (χ0n) is 13.2. The maximum Gasteiger partial charge on any atom is 0.315 e. The molecular weight excluding hydrogens is 292 g/mol. The van der Waals surface area contributed by atoms with Gasteiger partial charge < -0.3 is 15.7 Å². The largest absolute Gasteiger partial charge is 0.383 e. The van der Waals surface area contributed by atoms with Crippen LogP contribution in [0.4, 0.5) is 4.79 Å². The number of carbonyl (C=O) groups is 1. The number of nitrogens with one attached hydrogen (secondary N) is 2. The zero-order chi connectivity index (χ0) is 16.3. The van der Waals surface area contributed by atoms with Crippen LogP contribution in [0.15, 0.2) is 36.5 Å². The van der Waals surface area contributed by atoms with E-state index < -0.39 is 5.60 Å². The molecule has 0 spiro atoms. The first-order chi connectivity index (χ1) is 11.1. The Morgan fingerprint density at radius 2 is 2.17 bits per heavy atom. The molecule has 3 N–H and O–H groups in total. The normalized spacial score (nSPS) is 19.9. The average molecular weight is 314 g/mol. The lowest BCUT2D eigenvalue weighted by Crippen LogP contribution is -2.46. The summed E-state index contributed by atoms with van der Waals surface area (Å²) in [5.41, 5.74) is 2.03. The number of aliphatic hydroxyl groups is 1. The van der Waals surface area contributed by atoms with Crippen molar-refractivity contribution in [2.75, 3.05) is 6.54 Å². The van der Waals surface area contributed by atoms with E-state index in [2.05, 4.69) is 15.7 Å². The maximum absolute atomic E-state index is 12.0. The second kappa shape index (κ2) is 6.42. The van der Waals surface area contributed by atoms with Crippen LogP contribution in [0.1, 0.15) is 29.7 Å². The smallest absolute Gasteiger partial charge is 0.315 e. The molecule has 1 aromatic carbocycles. The first kappa shape index (κ1) is 15.6. The van der Waals surface area contributed by atoms with Crippen LogP contribution in [0, 0.1) is 0 Å². The van der Waals surface area contributed by atoms with Crippen molar-refractivity contribution in [3.63, 3.8) is 0 Å². The molecule has 23 heavy (non-hydrogen) atoms. The Kier molecular flexibility index (Phi) is 4.34. The highest BCUT2D eigenvalue weighted by Crippen LogP contribution is 2.34. The van der Waals surface area contributed by atoms with Crippen molar-refractivity contribution < 1.29 is 9.90 Å². The van der Waals surface area contributed by atoms with E-state index >= 15 is 0 Å². The Bertz CT molecular complexity index is 697. The van der Waals surface area contributed by atoms with Crippen LogP contribution < -0.4 is 10.6 Å². The van der Waals surface area contributed by atoms with Gasteiger partial charge in [0.2, 0.25) is 0 Å². The van der Waals surface area contributed by atoms with Crippen molar-refractivity contribution in [1.82, 2.24) is 20.4 Å². The van der Waals surface area contributed by atoms with E-state index in [1.165, 1.54) is 5.56 Å². The fraction of sp³-hybridized carbons (Fsp3) is 0.412. The molecule has 3 rings (SSSR count). The summed E-state index contributed by atoms with van der Waals surface area (Å²) in [5, 5.41) is 20.5. The van der Waals surface area contributed by atoms with Crippen molar-refractivity contribution in [2.45, 2.75) is 31.4 Å². The Balaban J connectivity index is 1.58. The molecule has 6 nitrogen and oxygen atoms in total. The zero-order valence-corrected chi connectivity index (χ0v) is 13.2. The standard InChI is InChI=1S/C17H22N4O2/c1-21-14(8-10-20-21)11-18-16(22)19-12-17(23)9-4-6-13-5-2-3-7-15(13)17/h2-3,5,7-8,10,23H,4,6,9,11-12H2,1H3,(H2,18,19,22). The lowest BCUT2D eigenvalue weighted by molar-refractivity contribution is 0.0217. The number of aromatic nitrogens is 2. The van der Waals surface area contributed by atoms with Gasteiger partial charge in [-0.3, -0.25) is 4.68 Å². The molecule has 0 bridgehead atoms. The quantitative estimate of drug-likeness (QED) is 0.799. The second-order valence-electron chi connectivity index (χ2n) is 6.02. The molecule has 0 saturated carbocycles. The minimum absolute atomic E-state index is 0.210. The number of aryl methyl sites for hydroxylation is 2. The van der Waals surface area contributed by atoms with Crippen molar-refractivity contribution in [2.24, 2.45) is 7.05 Å². The summed E-state index contributed by atoms with van der Waals surface area (Å²) in [6.07, 6.45) is 4.25. The molecule has 2 amide bonds. The molecule has 1 heterocycles. The number of amides is 2. The van der Waals surface area contributed by atoms with Crippen molar-refractivity contribution in [3.8, 4) is 0 Å². The van der Waals surface area contributed by atoms with Crippen molar-refractivity contribution in [1.29, 1.82) is 0 Å². The molecule has 0 saturated heterocycles. The summed E-state index contributed by atoms with van der Waals surface area (Å²) in [6, 6.07) is 9.47. The summed E-state index contributed by atoms with van der Waals surface area (Å²) in [5.74, 6) is 0. The van der Waals surface area contributed by atoms with Crippen LogP contribution in [0.25, 0.3) is 0 Å². The SMILES string of the molecule is Cn1nccc1CNC(=O)NCC1(O)CCCc2ccccc21. The van der Waals surface area contributed by atoms with Crippen molar-refractivity contribution >= 4 is 6.03 Å². The van der Waals surface area contributed by atoms with Gasteiger partial charge in [0.05, 0.1) is 18.8 Å². The van der Waals surface area contributed by atoms with Crippen LogP contribution in [0.5, 0.6) is 0 Å². The molecule has 1 aliphatic rings. The average Bonchev–Trinajstić information content (AvgIpc) is 2.97. The fourth-order valence-corrected chi connectivity index (χ4v) is 3.12. The van der Waals surface area contributed by atoms with Gasteiger partial charge in [-0.1, -0.05) is 24.3 Å². The molecule has 1 aliphatic carbocycles. The highest BCUT2D eigenvalue weighted by atomic mass is 16.3. The summed E-state index contributed by atoms with van der Waals surface area (Å²) in [6.45, 7) is 0.610. The Morgan fingerprint density at radius 3 is 2.96 bits per heavy atom. The Morgan fingerprint density at radius 1 is 1.35 bits per heavy atom. The van der Waals surface area contributed by atoms with Gasteiger partial charge in [0.1, 0.15) is 5.60 Å². The van der Waals surface area contributed by atoms with E-state index in [1.807, 2.05) is 37.4 Å². The third kappa shape index (κ3) is 3.37. The molecule has 1 unspecified atom stereocenters. The molecular formula is C17H22N4O2. The fourth-order valence-electron chi connectivity index (χ4n) is 3.12. The number of hydrogen-bond acceptors (Lipinski definition) is 3. The van der Waals surface area contributed by atoms with Crippen LogP contribution in [-0.4, -0.2) is 27.5 Å². The number of hydrogen-bond donors (Lipinski definition) is 3. The molecule has 6 heteroatoms. The van der Waals surface area contributed by atoms with E-state index in [1.54, 1.807) is 10.9 Å². The molecule has 2 aromatic rings. The third-order valence-electron chi connectivity index (χ3n) is 4.45. The summed E-state index contributed by atoms with van der Waals surface area (Å²) < 4.78 is 1.71. The Hall–Kier alpha value is -2.34. The maximum atomic E-state index is 12.0. The molecule has 122 valence electrons. The summed E-state index contributed by atoms with van der Waals surface area (Å²) in [4.78, 5) is 12.0. The number of urea groups is 1. The first-order valence-corrected chi connectivity index (χ1v) is 7.88. The highest BCUT2D eigenvalue weighted by Gasteiger charge is 2.34. The molecule has 1 aromatic heterocycles. The predicted octanol–water partition coefficient (Wildman–Crippen LogP) is 1.44. The topological polar surface area (TPSA) is 79.2 Å². The van der Waals surface area contributed by atoms with E-state index in [0.29, 0.717) is 13.0 Å². The molecule has 1 atom stereocenters. The number of benzene rings is 1. The van der Waals surface area contributed by atoms with Crippen molar-refractivity contribution in [3.05, 3.63) is 53.3 Å². The van der Waals surface area contributed by atoms with Crippen LogP contribution in [0.3, 0.4) is 0 Å². The molecule has 0 radical (unpaired) electrons. The van der Waals surface area contributed by atoms with E-state index in [4.69, 9.17) is 0 Å². The monoisotopic (exact) mass is 314 g/mol. The van der Waals surface area contributed by atoms with Gasteiger partial charge >= 0.3 is 6.03 Å². The van der Waals surface area contributed by atoms with Gasteiger partial charge in [0.15, 0.2) is 0 Å². The number of nitrogens with zero attached hydrogens (tertiary/aromatic N) is 2.